The van der Waals surface area contributed by atoms with Crippen molar-refractivity contribution in [2.45, 2.75) is 33.1 Å². The van der Waals surface area contributed by atoms with Gasteiger partial charge in [-0.05, 0) is 50.3 Å². The third-order valence-corrected chi connectivity index (χ3v) is 6.07. The van der Waals surface area contributed by atoms with Gasteiger partial charge >= 0.3 is 5.97 Å². The number of esters is 1. The number of aryl methyl sites for hydroxylation is 2. The number of hydrazone groups is 1. The summed E-state index contributed by atoms with van der Waals surface area (Å²) in [5.74, 6) is 0.508. The van der Waals surface area contributed by atoms with Crippen LogP contribution in [0.1, 0.15) is 56.2 Å². The molecule has 3 aromatic carbocycles. The molecule has 170 valence electrons. The third-order valence-electron chi connectivity index (χ3n) is 6.07. The summed E-state index contributed by atoms with van der Waals surface area (Å²) in [6.45, 7) is 3.79. The summed E-state index contributed by atoms with van der Waals surface area (Å²) in [5.41, 5.74) is 6.41. The highest BCUT2D eigenvalue weighted by Gasteiger charge is 2.29. The molecule has 1 heterocycles. The molecule has 0 saturated heterocycles. The smallest absolute Gasteiger partial charge is 0.379 e. The van der Waals surface area contributed by atoms with Gasteiger partial charge in [-0.2, -0.15) is 5.10 Å². The molecule has 0 radical (unpaired) electrons. The zero-order valence-electron chi connectivity index (χ0n) is 19.1. The molecule has 0 spiro atoms. The summed E-state index contributed by atoms with van der Waals surface area (Å²) in [6, 6.07) is 20.6. The van der Waals surface area contributed by atoms with Crippen molar-refractivity contribution in [3.8, 4) is 5.75 Å². The molecule has 1 amide bonds. The van der Waals surface area contributed by atoms with E-state index in [0.717, 1.165) is 28.3 Å². The van der Waals surface area contributed by atoms with Crippen LogP contribution in [0.3, 0.4) is 0 Å². The minimum atomic E-state index is -0.550. The molecule has 0 aliphatic heterocycles. The fraction of sp³-hybridized carbons (Fsp3) is 0.179. The Morgan fingerprint density at radius 2 is 1.71 bits per heavy atom. The maximum absolute atomic E-state index is 13.1. The first kappa shape index (κ1) is 21.6. The van der Waals surface area contributed by atoms with Crippen molar-refractivity contribution in [3.63, 3.8) is 0 Å². The van der Waals surface area contributed by atoms with Gasteiger partial charge in [-0.3, -0.25) is 4.79 Å². The molecule has 0 atom stereocenters. The van der Waals surface area contributed by atoms with Crippen molar-refractivity contribution >= 4 is 28.4 Å². The van der Waals surface area contributed by atoms with E-state index in [4.69, 9.17) is 9.15 Å². The Morgan fingerprint density at radius 3 is 2.53 bits per heavy atom. The monoisotopic (exact) mass is 452 g/mol. The third kappa shape index (κ3) is 4.10. The molecule has 0 bridgehead atoms. The second-order valence-corrected chi connectivity index (χ2v) is 8.44. The molecule has 4 aromatic rings. The van der Waals surface area contributed by atoms with Crippen LogP contribution in [0.4, 0.5) is 0 Å². The number of carbonyl (C=O) groups is 2. The SMILES string of the molecule is Cc1ccc(C(=O)N/N=C2\CCCc3oc(C(=O)Oc4cccc5ccccc45)c(C)c32)cc1. The van der Waals surface area contributed by atoms with Crippen LogP contribution < -0.4 is 10.2 Å². The van der Waals surface area contributed by atoms with Crippen LogP contribution in [0.5, 0.6) is 5.75 Å². The minimum absolute atomic E-state index is 0.164. The van der Waals surface area contributed by atoms with E-state index >= 15 is 0 Å². The van der Waals surface area contributed by atoms with Crippen LogP contribution >= 0.6 is 0 Å². The van der Waals surface area contributed by atoms with E-state index < -0.39 is 5.97 Å². The maximum Gasteiger partial charge on any atom is 0.379 e. The second kappa shape index (κ2) is 8.98. The van der Waals surface area contributed by atoms with Gasteiger partial charge in [-0.25, -0.2) is 10.2 Å². The normalized spacial score (nSPS) is 14.1. The van der Waals surface area contributed by atoms with Gasteiger partial charge in [-0.15, -0.1) is 0 Å². The topological polar surface area (TPSA) is 80.9 Å². The maximum atomic E-state index is 13.1. The highest BCUT2D eigenvalue weighted by atomic mass is 16.5. The lowest BCUT2D eigenvalue weighted by molar-refractivity contribution is 0.0700. The number of benzene rings is 3. The number of hydrogen-bond donors (Lipinski definition) is 1. The van der Waals surface area contributed by atoms with Crippen LogP contribution in [0.2, 0.25) is 0 Å². The number of furan rings is 1. The predicted molar refractivity (Wildman–Crippen MR) is 130 cm³/mol. The van der Waals surface area contributed by atoms with E-state index in [9.17, 15) is 9.59 Å². The average Bonchev–Trinajstić information content (AvgIpc) is 3.20. The highest BCUT2D eigenvalue weighted by molar-refractivity contribution is 6.07. The molecule has 6 nitrogen and oxygen atoms in total. The first-order valence-corrected chi connectivity index (χ1v) is 11.3. The summed E-state index contributed by atoms with van der Waals surface area (Å²) in [7, 11) is 0. The summed E-state index contributed by atoms with van der Waals surface area (Å²) in [5, 5.41) is 6.23. The van der Waals surface area contributed by atoms with E-state index in [0.29, 0.717) is 41.2 Å². The van der Waals surface area contributed by atoms with Crippen LogP contribution in [0.15, 0.2) is 76.2 Å². The van der Waals surface area contributed by atoms with E-state index in [-0.39, 0.29) is 11.7 Å². The van der Waals surface area contributed by atoms with Crippen molar-refractivity contribution < 1.29 is 18.7 Å². The molecule has 5 rings (SSSR count). The van der Waals surface area contributed by atoms with Crippen molar-refractivity contribution in [2.75, 3.05) is 0 Å². The lowest BCUT2D eigenvalue weighted by atomic mass is 9.93. The van der Waals surface area contributed by atoms with Crippen molar-refractivity contribution in [1.29, 1.82) is 0 Å². The fourth-order valence-corrected chi connectivity index (χ4v) is 4.29. The van der Waals surface area contributed by atoms with Gasteiger partial charge < -0.3 is 9.15 Å². The van der Waals surface area contributed by atoms with Gasteiger partial charge in [0.2, 0.25) is 5.76 Å². The average molecular weight is 453 g/mol. The molecule has 1 aliphatic carbocycles. The van der Waals surface area contributed by atoms with Gasteiger partial charge in [0.15, 0.2) is 0 Å². The molecule has 1 aromatic heterocycles. The lowest BCUT2D eigenvalue weighted by Crippen LogP contribution is -2.22. The molecule has 0 unspecified atom stereocenters. The Bertz CT molecular complexity index is 1430. The Kier molecular flexibility index (Phi) is 5.72. The van der Waals surface area contributed by atoms with E-state index in [2.05, 4.69) is 10.5 Å². The van der Waals surface area contributed by atoms with E-state index in [1.54, 1.807) is 18.2 Å². The van der Waals surface area contributed by atoms with Crippen molar-refractivity contribution in [2.24, 2.45) is 5.10 Å². The van der Waals surface area contributed by atoms with Gasteiger partial charge in [0.25, 0.3) is 5.91 Å². The quantitative estimate of drug-likeness (QED) is 0.243. The van der Waals surface area contributed by atoms with Gasteiger partial charge in [0.05, 0.1) is 5.71 Å². The largest absolute Gasteiger partial charge is 0.453 e. The first-order valence-electron chi connectivity index (χ1n) is 11.3. The molecule has 0 saturated carbocycles. The molecule has 1 N–H and O–H groups in total. The molecule has 1 aliphatic rings. The number of rotatable bonds is 4. The number of ether oxygens (including phenoxy) is 1. The standard InChI is InChI=1S/C28H24N2O4/c1-17-13-15-20(16-14-17)27(31)30-29-22-10-6-12-24-25(22)18(2)26(33-24)28(32)34-23-11-5-8-19-7-3-4-9-21(19)23/h3-5,7-9,11,13-16H,6,10,12H2,1-2H3,(H,30,31)/b29-22+. The van der Waals surface area contributed by atoms with Crippen molar-refractivity contribution in [1.82, 2.24) is 5.43 Å². The van der Waals surface area contributed by atoms with Crippen LogP contribution in [0.25, 0.3) is 10.8 Å². The molecule has 34 heavy (non-hydrogen) atoms. The molecule has 0 fully saturated rings. The highest BCUT2D eigenvalue weighted by Crippen LogP contribution is 2.32. The Morgan fingerprint density at radius 1 is 0.941 bits per heavy atom. The Labute approximate surface area is 197 Å². The Hall–Kier alpha value is -4.19. The summed E-state index contributed by atoms with van der Waals surface area (Å²) in [6.07, 6.45) is 2.19. The van der Waals surface area contributed by atoms with Gasteiger partial charge in [0.1, 0.15) is 11.5 Å². The number of amides is 1. The minimum Gasteiger partial charge on any atom is -0.453 e. The van der Waals surface area contributed by atoms with Crippen LogP contribution in [-0.2, 0) is 6.42 Å². The first-order chi connectivity index (χ1) is 16.5. The molecular weight excluding hydrogens is 428 g/mol. The van der Waals surface area contributed by atoms with Gasteiger partial charge in [0, 0.05) is 28.5 Å². The number of fused-ring (bicyclic) bond motifs is 2. The van der Waals surface area contributed by atoms with Crippen molar-refractivity contribution in [3.05, 3.63) is 101 Å². The summed E-state index contributed by atoms with van der Waals surface area (Å²) >= 11 is 0. The van der Waals surface area contributed by atoms with Crippen LogP contribution in [0, 0.1) is 13.8 Å². The van der Waals surface area contributed by atoms with Crippen LogP contribution in [-0.4, -0.2) is 17.6 Å². The zero-order valence-corrected chi connectivity index (χ0v) is 19.1. The number of hydrogen-bond acceptors (Lipinski definition) is 5. The summed E-state index contributed by atoms with van der Waals surface area (Å²) in [4.78, 5) is 25.6. The van der Waals surface area contributed by atoms with Gasteiger partial charge in [-0.1, -0.05) is 54.1 Å². The summed E-state index contributed by atoms with van der Waals surface area (Å²) < 4.78 is 11.7. The second-order valence-electron chi connectivity index (χ2n) is 8.44. The predicted octanol–water partition coefficient (Wildman–Crippen LogP) is 5.74. The fourth-order valence-electron chi connectivity index (χ4n) is 4.29. The Balaban J connectivity index is 1.40. The van der Waals surface area contributed by atoms with E-state index in [1.807, 2.05) is 62.4 Å². The molecular formula is C28H24N2O4. The number of nitrogens with zero attached hydrogens (tertiary/aromatic N) is 1. The lowest BCUT2D eigenvalue weighted by Gasteiger charge is -2.13. The number of carbonyl (C=O) groups excluding carboxylic acids is 2. The molecule has 6 heteroatoms. The zero-order chi connectivity index (χ0) is 23.7. The number of nitrogens with one attached hydrogen (secondary N) is 1. The van der Waals surface area contributed by atoms with E-state index in [1.165, 1.54) is 0 Å².